The smallest absolute Gasteiger partial charge is 0.311 e. The van der Waals surface area contributed by atoms with E-state index in [-0.39, 0.29) is 31.3 Å². The van der Waals surface area contributed by atoms with Crippen LogP contribution in [0.15, 0.2) is 54.6 Å². The minimum atomic E-state index is -0.590. The van der Waals surface area contributed by atoms with Gasteiger partial charge in [0.15, 0.2) is 6.61 Å². The fourth-order valence-electron chi connectivity index (χ4n) is 4.35. The number of aryl methyl sites for hydroxylation is 2. The summed E-state index contributed by atoms with van der Waals surface area (Å²) in [5.41, 5.74) is 4.93. The number of amides is 1. The lowest BCUT2D eigenvalue weighted by atomic mass is 10.1. The standard InChI is InChI=1S/C27H28N2O5/c1-17-5-7-21(8-6-17)28-15-20(14-26(28)31)27(32)34-16-25(30)24-13-18(2)29(19(24)3)22-9-11-23(33-4)12-10-22/h5-13,20H,14-16H2,1-4H3. The zero-order valence-electron chi connectivity index (χ0n) is 19.8. The van der Waals surface area contributed by atoms with E-state index < -0.39 is 11.9 Å². The molecule has 1 unspecified atom stereocenters. The highest BCUT2D eigenvalue weighted by Crippen LogP contribution is 2.27. The van der Waals surface area contributed by atoms with E-state index in [2.05, 4.69) is 0 Å². The molecule has 0 N–H and O–H groups in total. The SMILES string of the molecule is COc1ccc(-n2c(C)cc(C(=O)COC(=O)C3CC(=O)N(c4ccc(C)cc4)C3)c2C)cc1. The van der Waals surface area contributed by atoms with Gasteiger partial charge in [-0.05, 0) is 63.2 Å². The largest absolute Gasteiger partial charge is 0.497 e. The van der Waals surface area contributed by atoms with Crippen LogP contribution in [0.4, 0.5) is 5.69 Å². The van der Waals surface area contributed by atoms with Gasteiger partial charge < -0.3 is 18.9 Å². The van der Waals surface area contributed by atoms with Crippen molar-refractivity contribution in [1.29, 1.82) is 0 Å². The lowest BCUT2D eigenvalue weighted by molar-refractivity contribution is -0.147. The first-order chi connectivity index (χ1) is 16.3. The highest BCUT2D eigenvalue weighted by atomic mass is 16.5. The van der Waals surface area contributed by atoms with Gasteiger partial charge in [-0.25, -0.2) is 0 Å². The fourth-order valence-corrected chi connectivity index (χ4v) is 4.35. The summed E-state index contributed by atoms with van der Waals surface area (Å²) in [6, 6.07) is 16.9. The van der Waals surface area contributed by atoms with Crippen molar-refractivity contribution in [3.63, 3.8) is 0 Å². The van der Waals surface area contributed by atoms with Crippen LogP contribution in [0.3, 0.4) is 0 Å². The molecule has 0 radical (unpaired) electrons. The molecule has 176 valence electrons. The molecule has 0 spiro atoms. The van der Waals surface area contributed by atoms with Crippen molar-refractivity contribution < 1.29 is 23.9 Å². The van der Waals surface area contributed by atoms with Crippen molar-refractivity contribution in [2.75, 3.05) is 25.2 Å². The number of hydrogen-bond donors (Lipinski definition) is 0. The number of ketones is 1. The van der Waals surface area contributed by atoms with Crippen LogP contribution in [0.2, 0.25) is 0 Å². The highest BCUT2D eigenvalue weighted by molar-refractivity contribution is 6.01. The van der Waals surface area contributed by atoms with Gasteiger partial charge in [0, 0.05) is 41.3 Å². The fraction of sp³-hybridized carbons (Fsp3) is 0.296. The van der Waals surface area contributed by atoms with Crippen molar-refractivity contribution in [3.05, 3.63) is 77.1 Å². The molecule has 1 fully saturated rings. The van der Waals surface area contributed by atoms with Gasteiger partial charge in [0.05, 0.1) is 13.0 Å². The molecule has 2 heterocycles. The number of hydrogen-bond acceptors (Lipinski definition) is 5. The van der Waals surface area contributed by atoms with Gasteiger partial charge in [-0.3, -0.25) is 14.4 Å². The van der Waals surface area contributed by atoms with E-state index in [4.69, 9.17) is 9.47 Å². The van der Waals surface area contributed by atoms with Crippen LogP contribution in [-0.2, 0) is 14.3 Å². The lowest BCUT2D eigenvalue weighted by Gasteiger charge is -2.16. The molecule has 1 aromatic heterocycles. The number of methoxy groups -OCH3 is 1. The van der Waals surface area contributed by atoms with Crippen molar-refractivity contribution in [2.45, 2.75) is 27.2 Å². The van der Waals surface area contributed by atoms with Crippen LogP contribution in [0.1, 0.15) is 33.7 Å². The molecule has 4 rings (SSSR count). The second-order valence-electron chi connectivity index (χ2n) is 8.59. The summed E-state index contributed by atoms with van der Waals surface area (Å²) in [5, 5.41) is 0. The number of rotatable bonds is 7. The van der Waals surface area contributed by atoms with Crippen molar-refractivity contribution >= 4 is 23.3 Å². The minimum absolute atomic E-state index is 0.0763. The molecule has 1 aliphatic rings. The van der Waals surface area contributed by atoms with Crippen LogP contribution in [0.5, 0.6) is 5.75 Å². The number of ether oxygens (including phenoxy) is 2. The molecule has 7 nitrogen and oxygen atoms in total. The predicted molar refractivity (Wildman–Crippen MR) is 129 cm³/mol. The average molecular weight is 461 g/mol. The Morgan fingerprint density at radius 1 is 0.971 bits per heavy atom. The van der Waals surface area contributed by atoms with Gasteiger partial charge in [-0.1, -0.05) is 17.7 Å². The van der Waals surface area contributed by atoms with Crippen LogP contribution in [-0.4, -0.2) is 42.5 Å². The number of aromatic nitrogens is 1. The third kappa shape index (κ3) is 4.59. The second kappa shape index (κ2) is 9.55. The molecular formula is C27H28N2O5. The van der Waals surface area contributed by atoms with E-state index in [1.165, 1.54) is 0 Å². The minimum Gasteiger partial charge on any atom is -0.497 e. The summed E-state index contributed by atoms with van der Waals surface area (Å²) in [7, 11) is 1.61. The van der Waals surface area contributed by atoms with Crippen molar-refractivity contribution in [3.8, 4) is 11.4 Å². The van der Waals surface area contributed by atoms with E-state index in [1.807, 2.05) is 73.9 Å². The number of carbonyl (C=O) groups excluding carboxylic acids is 3. The van der Waals surface area contributed by atoms with Gasteiger partial charge >= 0.3 is 5.97 Å². The van der Waals surface area contributed by atoms with Crippen molar-refractivity contribution in [1.82, 2.24) is 4.57 Å². The summed E-state index contributed by atoms with van der Waals surface area (Å²) in [6.07, 6.45) is 0.0763. The first-order valence-electron chi connectivity index (χ1n) is 11.2. The van der Waals surface area contributed by atoms with Gasteiger partial charge in [0.2, 0.25) is 11.7 Å². The van der Waals surface area contributed by atoms with Crippen LogP contribution in [0.25, 0.3) is 5.69 Å². The molecule has 7 heteroatoms. The molecule has 1 atom stereocenters. The summed E-state index contributed by atoms with van der Waals surface area (Å²) in [5.74, 6) is -0.768. The number of benzene rings is 2. The number of nitrogens with zero attached hydrogens (tertiary/aromatic N) is 2. The summed E-state index contributed by atoms with van der Waals surface area (Å²) < 4.78 is 12.5. The Kier molecular flexibility index (Phi) is 6.54. The molecule has 3 aromatic rings. The first-order valence-corrected chi connectivity index (χ1v) is 11.2. The lowest BCUT2D eigenvalue weighted by Crippen LogP contribution is -2.27. The summed E-state index contributed by atoms with van der Waals surface area (Å²) in [4.78, 5) is 39.5. The van der Waals surface area contributed by atoms with Gasteiger partial charge in [0.25, 0.3) is 0 Å². The summed E-state index contributed by atoms with van der Waals surface area (Å²) >= 11 is 0. The first kappa shape index (κ1) is 23.3. The maximum Gasteiger partial charge on any atom is 0.311 e. The Morgan fingerprint density at radius 3 is 2.26 bits per heavy atom. The maximum absolute atomic E-state index is 12.9. The molecule has 1 aliphatic heterocycles. The Morgan fingerprint density at radius 2 is 1.62 bits per heavy atom. The third-order valence-corrected chi connectivity index (χ3v) is 6.21. The molecule has 0 bridgehead atoms. The number of carbonyl (C=O) groups is 3. The number of esters is 1. The van der Waals surface area contributed by atoms with E-state index in [0.29, 0.717) is 5.56 Å². The van der Waals surface area contributed by atoms with Gasteiger partial charge in [0.1, 0.15) is 5.75 Å². The average Bonchev–Trinajstić information content (AvgIpc) is 3.37. The molecular weight excluding hydrogens is 432 g/mol. The van der Waals surface area contributed by atoms with Gasteiger partial charge in [-0.15, -0.1) is 0 Å². The quantitative estimate of drug-likeness (QED) is 0.390. The number of Topliss-reactive ketones (excluding diaryl/α,β-unsaturated/α-hetero) is 1. The molecule has 1 amide bonds. The van der Waals surface area contributed by atoms with E-state index in [1.54, 1.807) is 18.1 Å². The second-order valence-corrected chi connectivity index (χ2v) is 8.59. The van der Waals surface area contributed by atoms with Crippen molar-refractivity contribution in [2.24, 2.45) is 5.92 Å². The monoisotopic (exact) mass is 460 g/mol. The van der Waals surface area contributed by atoms with E-state index >= 15 is 0 Å². The zero-order valence-corrected chi connectivity index (χ0v) is 19.8. The summed E-state index contributed by atoms with van der Waals surface area (Å²) in [6.45, 7) is 5.65. The van der Waals surface area contributed by atoms with Crippen LogP contribution < -0.4 is 9.64 Å². The molecule has 34 heavy (non-hydrogen) atoms. The normalized spacial score (nSPS) is 15.5. The third-order valence-electron chi connectivity index (χ3n) is 6.21. The topological polar surface area (TPSA) is 77.8 Å². The maximum atomic E-state index is 12.9. The van der Waals surface area contributed by atoms with Crippen LogP contribution >= 0.6 is 0 Å². The zero-order chi connectivity index (χ0) is 24.4. The Balaban J connectivity index is 1.40. The predicted octanol–water partition coefficient (Wildman–Crippen LogP) is 4.19. The molecule has 0 aliphatic carbocycles. The molecule has 1 saturated heterocycles. The Bertz CT molecular complexity index is 1230. The molecule has 2 aromatic carbocycles. The van der Waals surface area contributed by atoms with Crippen LogP contribution in [0, 0.1) is 26.7 Å². The van der Waals surface area contributed by atoms with E-state index in [0.717, 1.165) is 34.1 Å². The molecule has 0 saturated carbocycles. The Labute approximate surface area is 198 Å². The van der Waals surface area contributed by atoms with E-state index in [9.17, 15) is 14.4 Å². The Hall–Kier alpha value is -3.87. The van der Waals surface area contributed by atoms with Gasteiger partial charge in [-0.2, -0.15) is 0 Å². The number of anilines is 1. The highest BCUT2D eigenvalue weighted by Gasteiger charge is 2.36.